The molecule has 54 heavy (non-hydrogen) atoms. The number of H-pyrrole nitrogens is 2. The molecule has 2 aromatic heterocycles. The van der Waals surface area contributed by atoms with Gasteiger partial charge in [-0.3, -0.25) is 9.59 Å². The van der Waals surface area contributed by atoms with Crippen molar-refractivity contribution < 1.29 is 28.7 Å². The maximum atomic E-state index is 13.5. The number of aromatic nitrogens is 4. The van der Waals surface area contributed by atoms with E-state index in [0.717, 1.165) is 102 Å². The Morgan fingerprint density at radius 1 is 0.648 bits per heavy atom. The Morgan fingerprint density at radius 2 is 1.09 bits per heavy atom. The predicted molar refractivity (Wildman–Crippen MR) is 198 cm³/mol. The Hall–Kier alpha value is -5.66. The molecule has 4 heterocycles. The molecule has 8 rings (SSSR count). The van der Waals surface area contributed by atoms with Gasteiger partial charge in [0.25, 0.3) is 11.8 Å². The number of amides is 4. The molecule has 2 aromatic carbocycles. The minimum atomic E-state index is -0.923. The van der Waals surface area contributed by atoms with Gasteiger partial charge in [-0.05, 0) is 93.0 Å². The molecule has 4 atom stereocenters. The summed E-state index contributed by atoms with van der Waals surface area (Å²) in [5.74, 6) is 1.09. The Morgan fingerprint density at radius 3 is 1.59 bits per heavy atom. The maximum Gasteiger partial charge on any atom is 0.405 e. The molecule has 2 aliphatic heterocycles. The van der Waals surface area contributed by atoms with E-state index in [9.17, 15) is 19.2 Å². The number of nitrogens with two attached hydrogens (primary N) is 2. The average molecular weight is 735 g/mol. The lowest BCUT2D eigenvalue weighted by atomic mass is 9.92. The van der Waals surface area contributed by atoms with Crippen LogP contribution in [-0.2, 0) is 19.1 Å². The molecule has 14 heteroatoms. The Kier molecular flexibility index (Phi) is 9.36. The minimum absolute atomic E-state index is 0.0293. The van der Waals surface area contributed by atoms with Crippen LogP contribution in [0.4, 0.5) is 9.59 Å². The fourth-order valence-electron chi connectivity index (χ4n) is 8.25. The van der Waals surface area contributed by atoms with Crippen LogP contribution in [0.1, 0.15) is 86.2 Å². The van der Waals surface area contributed by atoms with E-state index in [4.69, 9.17) is 25.9 Å². The van der Waals surface area contributed by atoms with Crippen molar-refractivity contribution in [1.29, 1.82) is 0 Å². The van der Waals surface area contributed by atoms with E-state index in [-0.39, 0.29) is 35.7 Å². The van der Waals surface area contributed by atoms with Crippen LogP contribution in [0.3, 0.4) is 0 Å². The normalized spacial score (nSPS) is 20.9. The number of aromatic amines is 2. The van der Waals surface area contributed by atoms with E-state index in [1.54, 1.807) is 16.0 Å². The number of carbonyl (C=O) groups excluding carboxylic acids is 4. The zero-order valence-electron chi connectivity index (χ0n) is 30.5. The van der Waals surface area contributed by atoms with Gasteiger partial charge in [-0.2, -0.15) is 0 Å². The summed E-state index contributed by atoms with van der Waals surface area (Å²) in [6.45, 7) is 5.38. The molecule has 0 spiro atoms. The monoisotopic (exact) mass is 734 g/mol. The molecule has 14 nitrogen and oxygen atoms in total. The molecule has 4 aliphatic rings. The highest BCUT2D eigenvalue weighted by atomic mass is 16.6. The first-order valence-corrected chi connectivity index (χ1v) is 18.9. The third-order valence-electron chi connectivity index (χ3n) is 11.6. The molecule has 2 aliphatic carbocycles. The summed E-state index contributed by atoms with van der Waals surface area (Å²) in [4.78, 5) is 69.8. The zero-order chi connectivity index (χ0) is 37.7. The summed E-state index contributed by atoms with van der Waals surface area (Å²) >= 11 is 0. The first-order chi connectivity index (χ1) is 26.1. The molecule has 282 valence electrons. The van der Waals surface area contributed by atoms with Gasteiger partial charge >= 0.3 is 12.2 Å². The fraction of sp³-hybridized carbons (Fsp3) is 0.450. The van der Waals surface area contributed by atoms with Crippen LogP contribution in [-0.4, -0.2) is 79.0 Å². The lowest BCUT2D eigenvalue weighted by molar-refractivity contribution is -0.143. The number of ether oxygens (including phenoxy) is 2. The molecule has 2 saturated heterocycles. The van der Waals surface area contributed by atoms with Crippen LogP contribution in [0.2, 0.25) is 0 Å². The van der Waals surface area contributed by atoms with Crippen molar-refractivity contribution in [2.24, 2.45) is 23.3 Å². The summed E-state index contributed by atoms with van der Waals surface area (Å²) in [5, 5.41) is 0. The second-order valence-corrected chi connectivity index (χ2v) is 15.1. The minimum Gasteiger partial charge on any atom is -0.436 e. The quantitative estimate of drug-likeness (QED) is 0.147. The molecule has 0 bridgehead atoms. The highest BCUT2D eigenvalue weighted by molar-refractivity contribution is 5.85. The third-order valence-corrected chi connectivity index (χ3v) is 11.6. The van der Waals surface area contributed by atoms with Gasteiger partial charge in [-0.1, -0.05) is 36.4 Å². The fourth-order valence-corrected chi connectivity index (χ4v) is 8.25. The van der Waals surface area contributed by atoms with Crippen molar-refractivity contribution in [2.45, 2.75) is 89.5 Å². The topological polar surface area (TPSA) is 203 Å². The van der Waals surface area contributed by atoms with Gasteiger partial charge in [0.1, 0.15) is 11.6 Å². The van der Waals surface area contributed by atoms with E-state index >= 15 is 0 Å². The summed E-state index contributed by atoms with van der Waals surface area (Å²) in [6.07, 6.45) is 6.72. The van der Waals surface area contributed by atoms with Gasteiger partial charge in [0.05, 0.1) is 35.9 Å². The highest BCUT2D eigenvalue weighted by Gasteiger charge is 2.45. The molecule has 4 aromatic rings. The third kappa shape index (κ3) is 6.92. The number of hydrogen-bond acceptors (Lipinski definition) is 8. The largest absolute Gasteiger partial charge is 0.436 e. The lowest BCUT2D eigenvalue weighted by Crippen LogP contribution is -2.43. The van der Waals surface area contributed by atoms with Gasteiger partial charge < -0.3 is 40.7 Å². The summed E-state index contributed by atoms with van der Waals surface area (Å²) < 4.78 is 10.5. The van der Waals surface area contributed by atoms with Gasteiger partial charge in [-0.15, -0.1) is 0 Å². The first-order valence-electron chi connectivity index (χ1n) is 18.9. The second kappa shape index (κ2) is 14.3. The molecule has 0 radical (unpaired) electrons. The van der Waals surface area contributed by atoms with E-state index < -0.39 is 24.4 Å². The number of nitrogens with one attached hydrogen (secondary N) is 2. The Balaban J connectivity index is 0.958. The number of hydrogen-bond donors (Lipinski definition) is 4. The smallest absolute Gasteiger partial charge is 0.405 e. The number of likely N-dealkylation sites (tertiary alicyclic amines) is 2. The second-order valence-electron chi connectivity index (χ2n) is 15.1. The summed E-state index contributed by atoms with van der Waals surface area (Å²) in [7, 11) is 0. The van der Waals surface area contributed by atoms with Crippen molar-refractivity contribution >= 4 is 24.0 Å². The van der Waals surface area contributed by atoms with E-state index in [0.29, 0.717) is 18.9 Å². The maximum absolute atomic E-state index is 13.5. The number of carbonyl (C=O) groups is 4. The summed E-state index contributed by atoms with van der Waals surface area (Å²) in [6, 6.07) is 12.1. The standard InChI is InChI=1S/C40H46N8O6/c1-21-22(2)28(30-20-44-36(46-30)32-6-4-18-48(32)38(50)34(26-13-14-26)54-40(42)52)16-15-27(21)23-7-9-24(10-8-23)29-19-43-35(45-29)31-5-3-17-47(31)37(49)33(25-11-12-25)53-39(41)51/h7-10,15-16,19-20,25-26,31-34H,3-6,11-14,17-18H2,1-2H3,(H2,41,51)(H2,42,52)(H,43,45)(H,44,46)/t31?,32?,33-,34-/m0/s1. The van der Waals surface area contributed by atoms with E-state index in [2.05, 4.69) is 65.2 Å². The predicted octanol–water partition coefficient (Wildman–Crippen LogP) is 5.83. The van der Waals surface area contributed by atoms with Crippen molar-refractivity contribution in [2.75, 3.05) is 13.1 Å². The van der Waals surface area contributed by atoms with Crippen molar-refractivity contribution in [3.63, 3.8) is 0 Å². The molecule has 2 unspecified atom stereocenters. The van der Waals surface area contributed by atoms with Crippen molar-refractivity contribution in [1.82, 2.24) is 29.7 Å². The number of benzene rings is 2. The first kappa shape index (κ1) is 35.4. The van der Waals surface area contributed by atoms with E-state index in [1.807, 2.05) is 6.20 Å². The zero-order valence-corrected chi connectivity index (χ0v) is 30.5. The van der Waals surface area contributed by atoms with Crippen LogP contribution in [0.5, 0.6) is 0 Å². The van der Waals surface area contributed by atoms with Crippen LogP contribution in [0.15, 0.2) is 48.8 Å². The molecular weight excluding hydrogens is 688 g/mol. The Bertz CT molecular complexity index is 2080. The van der Waals surface area contributed by atoms with Gasteiger partial charge in [0.15, 0.2) is 12.2 Å². The summed E-state index contributed by atoms with van der Waals surface area (Å²) in [5.41, 5.74) is 18.8. The SMILES string of the molecule is Cc1c(-c2ccc(-c3cnc(C4CCCN4C(=O)[C@@H](OC(N)=O)C4CC4)[nH]3)cc2)ccc(-c2cnc(C3CCCN3C(=O)[C@@H](OC(N)=O)C3CC3)[nH]2)c1C. The molecule has 4 fully saturated rings. The van der Waals surface area contributed by atoms with Gasteiger partial charge in [0.2, 0.25) is 0 Å². The lowest BCUT2D eigenvalue weighted by Gasteiger charge is -2.27. The van der Waals surface area contributed by atoms with Crippen LogP contribution >= 0.6 is 0 Å². The highest BCUT2D eigenvalue weighted by Crippen LogP contribution is 2.41. The molecule has 2 saturated carbocycles. The van der Waals surface area contributed by atoms with E-state index in [1.165, 1.54) is 0 Å². The molecule has 4 amide bonds. The number of imidazole rings is 2. The van der Waals surface area contributed by atoms with Crippen molar-refractivity contribution in [3.8, 4) is 33.6 Å². The van der Waals surface area contributed by atoms with Crippen LogP contribution in [0.25, 0.3) is 33.6 Å². The van der Waals surface area contributed by atoms with Crippen LogP contribution in [0, 0.1) is 25.7 Å². The number of rotatable bonds is 11. The van der Waals surface area contributed by atoms with Gasteiger partial charge in [-0.25, -0.2) is 19.6 Å². The van der Waals surface area contributed by atoms with Gasteiger partial charge in [0, 0.05) is 30.5 Å². The Labute approximate surface area is 313 Å². The van der Waals surface area contributed by atoms with Crippen molar-refractivity contribution in [3.05, 3.63) is 71.6 Å². The molecular formula is C40H46N8O6. The van der Waals surface area contributed by atoms with Crippen LogP contribution < -0.4 is 11.5 Å². The average Bonchev–Trinajstić information content (AvgIpc) is 3.88. The number of nitrogens with zero attached hydrogens (tertiary/aromatic N) is 4. The molecule has 6 N–H and O–H groups in total. The number of primary amides is 2.